The summed E-state index contributed by atoms with van der Waals surface area (Å²) in [5.41, 5.74) is 6.28. The summed E-state index contributed by atoms with van der Waals surface area (Å²) in [7, 11) is 3.25. The lowest BCUT2D eigenvalue weighted by Gasteiger charge is -2.26. The number of amidine groups is 1. The lowest BCUT2D eigenvalue weighted by molar-refractivity contribution is 0.155. The summed E-state index contributed by atoms with van der Waals surface area (Å²) in [4.78, 5) is 12.9. The smallest absolute Gasteiger partial charge is 0.244 e. The second-order valence-electron chi connectivity index (χ2n) is 5.22. The molecule has 25 heavy (non-hydrogen) atoms. The number of rotatable bonds is 2. The molecule has 0 spiro atoms. The summed E-state index contributed by atoms with van der Waals surface area (Å²) in [6.45, 7) is 0. The van der Waals surface area contributed by atoms with E-state index in [0.717, 1.165) is 5.56 Å². The Morgan fingerprint density at radius 3 is 2.24 bits per heavy atom. The first-order chi connectivity index (χ1) is 12.1. The molecule has 2 amide bonds. The minimum absolute atomic E-state index is 0.248. The van der Waals surface area contributed by atoms with Crippen molar-refractivity contribution in [2.24, 2.45) is 5.10 Å². The minimum Gasteiger partial charge on any atom is -0.244 e. The Balaban J connectivity index is 1.51. The number of urea groups is 1. The Labute approximate surface area is 163 Å². The predicted molar refractivity (Wildman–Crippen MR) is 111 cm³/mol. The highest BCUT2D eigenvalue weighted by atomic mass is 32.2. The van der Waals surface area contributed by atoms with E-state index in [2.05, 4.69) is 38.9 Å². The molecular formula is C16H13N4OS4. The van der Waals surface area contributed by atoms with Crippen molar-refractivity contribution in [2.45, 2.75) is 0 Å². The molecule has 0 atom stereocenters. The first-order valence-electron chi connectivity index (χ1n) is 7.31. The molecule has 9 heteroatoms. The van der Waals surface area contributed by atoms with Gasteiger partial charge < -0.3 is 0 Å². The van der Waals surface area contributed by atoms with Gasteiger partial charge in [-0.15, -0.1) is 10.5 Å². The topological polar surface area (TPSA) is 50.0 Å². The number of thioether (sulfide) groups is 4. The van der Waals surface area contributed by atoms with Crippen molar-refractivity contribution in [3.8, 4) is 0 Å². The summed E-state index contributed by atoms with van der Waals surface area (Å²) >= 11 is 7.15. The fraction of sp³-hybridized carbons (Fsp3) is 0.125. The molecule has 4 rings (SSSR count). The van der Waals surface area contributed by atoms with Crippen LogP contribution in [-0.2, 0) is 0 Å². The molecular weight excluding hydrogens is 392 g/mol. The number of carbonyl (C=O) groups is 1. The largest absolute Gasteiger partial charge is 0.360 e. The second kappa shape index (κ2) is 7.06. The van der Waals surface area contributed by atoms with E-state index in [4.69, 9.17) is 0 Å². The maximum absolute atomic E-state index is 11.7. The van der Waals surface area contributed by atoms with E-state index in [1.165, 1.54) is 29.0 Å². The normalized spacial score (nSPS) is 20.2. The van der Waals surface area contributed by atoms with E-state index in [-0.39, 0.29) is 6.03 Å². The van der Waals surface area contributed by atoms with E-state index in [1.807, 2.05) is 23.9 Å². The van der Waals surface area contributed by atoms with E-state index in [0.29, 0.717) is 5.84 Å². The molecule has 3 heterocycles. The first-order valence-corrected chi connectivity index (χ1v) is 10.8. The molecule has 0 fully saturated rings. The molecule has 0 aliphatic carbocycles. The van der Waals surface area contributed by atoms with Crippen LogP contribution in [0.1, 0.15) is 11.1 Å². The van der Waals surface area contributed by atoms with Crippen molar-refractivity contribution in [1.29, 1.82) is 0 Å². The van der Waals surface area contributed by atoms with Gasteiger partial charge in [0.15, 0.2) is 5.84 Å². The average molecular weight is 406 g/mol. The zero-order valence-corrected chi connectivity index (χ0v) is 16.6. The first kappa shape index (κ1) is 17.0. The monoisotopic (exact) mass is 405 g/mol. The number of benzene rings is 1. The molecule has 1 radical (unpaired) electrons. The average Bonchev–Trinajstić information content (AvgIpc) is 3.30. The summed E-state index contributed by atoms with van der Waals surface area (Å²) in [6, 6.07) is 7.89. The number of carbonyl (C=O) groups excluding carboxylic acids is 1. The third kappa shape index (κ3) is 3.46. The van der Waals surface area contributed by atoms with Crippen LogP contribution in [0.25, 0.3) is 4.91 Å². The fourth-order valence-electron chi connectivity index (χ4n) is 2.27. The molecule has 0 bridgehead atoms. The van der Waals surface area contributed by atoms with Gasteiger partial charge in [0, 0.05) is 24.6 Å². The molecule has 0 saturated heterocycles. The van der Waals surface area contributed by atoms with Crippen LogP contribution in [0.3, 0.4) is 0 Å². The number of hydrogen-bond donors (Lipinski definition) is 0. The number of amides is 2. The molecule has 0 aromatic heterocycles. The van der Waals surface area contributed by atoms with Crippen molar-refractivity contribution in [3.63, 3.8) is 0 Å². The number of hydrazone groups is 1. The maximum Gasteiger partial charge on any atom is 0.360 e. The molecule has 0 unspecified atom stereocenters. The highest BCUT2D eigenvalue weighted by Crippen LogP contribution is 2.55. The van der Waals surface area contributed by atoms with Gasteiger partial charge >= 0.3 is 6.03 Å². The van der Waals surface area contributed by atoms with Crippen LogP contribution in [0, 0.1) is 0 Å². The maximum atomic E-state index is 11.7. The Hall–Kier alpha value is -1.42. The minimum atomic E-state index is -0.248. The van der Waals surface area contributed by atoms with Gasteiger partial charge in [-0.2, -0.15) is 0 Å². The van der Waals surface area contributed by atoms with Crippen molar-refractivity contribution >= 4 is 63.8 Å². The van der Waals surface area contributed by atoms with Crippen LogP contribution in [0.4, 0.5) is 4.79 Å². The van der Waals surface area contributed by atoms with E-state index >= 15 is 0 Å². The van der Waals surface area contributed by atoms with Gasteiger partial charge in [-0.3, -0.25) is 0 Å². The highest BCUT2D eigenvalue weighted by Gasteiger charge is 2.25. The molecule has 0 saturated carbocycles. The van der Waals surface area contributed by atoms with Gasteiger partial charge in [0.25, 0.3) is 0 Å². The molecule has 1 aromatic rings. The van der Waals surface area contributed by atoms with Crippen molar-refractivity contribution in [1.82, 2.24) is 15.4 Å². The van der Waals surface area contributed by atoms with Crippen LogP contribution in [0.15, 0.2) is 54.1 Å². The summed E-state index contributed by atoms with van der Waals surface area (Å²) in [5, 5.41) is 13.3. The summed E-state index contributed by atoms with van der Waals surface area (Å²) in [6.07, 6.45) is 0. The van der Waals surface area contributed by atoms with Gasteiger partial charge in [-0.1, -0.05) is 71.3 Å². The van der Waals surface area contributed by atoms with Gasteiger partial charge in [0.2, 0.25) is 0 Å². The Bertz CT molecular complexity index is 834. The summed E-state index contributed by atoms with van der Waals surface area (Å²) in [5.74, 6) is 0.534. The van der Waals surface area contributed by atoms with Crippen molar-refractivity contribution in [2.75, 3.05) is 14.1 Å². The highest BCUT2D eigenvalue weighted by molar-refractivity contribution is 8.35. The number of nitrogens with zero attached hydrogens (tertiary/aromatic N) is 4. The van der Waals surface area contributed by atoms with Gasteiger partial charge in [-0.05, 0) is 21.8 Å². The van der Waals surface area contributed by atoms with E-state index in [1.54, 1.807) is 49.4 Å². The van der Waals surface area contributed by atoms with Crippen LogP contribution in [0.2, 0.25) is 0 Å². The zero-order chi connectivity index (χ0) is 17.4. The Morgan fingerprint density at radius 1 is 0.880 bits per heavy atom. The molecule has 5 nitrogen and oxygen atoms in total. The molecule has 127 valence electrons. The lowest BCUT2D eigenvalue weighted by Crippen LogP contribution is -2.48. The van der Waals surface area contributed by atoms with Gasteiger partial charge in [0.05, 0.1) is 8.47 Å². The van der Waals surface area contributed by atoms with E-state index < -0.39 is 0 Å². The van der Waals surface area contributed by atoms with Crippen molar-refractivity contribution in [3.05, 3.63) is 60.1 Å². The number of hydrogen-bond acceptors (Lipinski definition) is 6. The quantitative estimate of drug-likeness (QED) is 0.712. The summed E-state index contributed by atoms with van der Waals surface area (Å²) < 4.78 is 2.69. The molecule has 1 aromatic carbocycles. The van der Waals surface area contributed by atoms with Crippen LogP contribution < -0.4 is 5.43 Å². The van der Waals surface area contributed by atoms with Crippen molar-refractivity contribution < 1.29 is 4.79 Å². The van der Waals surface area contributed by atoms with E-state index in [9.17, 15) is 4.79 Å². The fourth-order valence-corrected chi connectivity index (χ4v) is 6.76. The zero-order valence-electron chi connectivity index (χ0n) is 13.4. The lowest BCUT2D eigenvalue weighted by atomic mass is 10.1. The second-order valence-corrected chi connectivity index (χ2v) is 9.50. The SMILES string of the molecule is CN1[N]C(c2ccc(C3=CSC(=C4SC=CS4)S3)cc2)=NN(C)C1=O. The molecule has 0 N–H and O–H groups in total. The standard InChI is InChI=1S/C16H13N4OS4/c1-19-16(21)20(2)18-13(17-19)11-5-3-10(4-6-11)12-9-24-15(25-12)14-22-7-8-23-14/h3-9H,1-2H3. The van der Waals surface area contributed by atoms with Gasteiger partial charge in [0.1, 0.15) is 0 Å². The molecule has 3 aliphatic heterocycles. The van der Waals surface area contributed by atoms with Crippen LogP contribution in [-0.4, -0.2) is 36.0 Å². The predicted octanol–water partition coefficient (Wildman–Crippen LogP) is 4.72. The molecule has 3 aliphatic rings. The Morgan fingerprint density at radius 2 is 1.56 bits per heavy atom. The van der Waals surface area contributed by atoms with Gasteiger partial charge in [-0.25, -0.2) is 14.8 Å². The third-order valence-electron chi connectivity index (χ3n) is 3.52. The van der Waals surface area contributed by atoms with Crippen LogP contribution >= 0.6 is 47.0 Å². The van der Waals surface area contributed by atoms with Crippen LogP contribution in [0.5, 0.6) is 0 Å². The third-order valence-corrected chi connectivity index (χ3v) is 8.59. The Kier molecular flexibility index (Phi) is 4.81.